The van der Waals surface area contributed by atoms with E-state index in [1.165, 1.54) is 0 Å². The number of nitrogens with two attached hydrogens (primary N) is 1. The van der Waals surface area contributed by atoms with Crippen molar-refractivity contribution < 1.29 is 4.74 Å². The lowest BCUT2D eigenvalue weighted by Crippen LogP contribution is -2.00. The second-order valence-electron chi connectivity index (χ2n) is 3.57. The summed E-state index contributed by atoms with van der Waals surface area (Å²) in [7, 11) is 1.64. The second-order valence-corrected chi connectivity index (χ2v) is 3.91. The van der Waals surface area contributed by atoms with Gasteiger partial charge in [0.05, 0.1) is 7.11 Å². The Morgan fingerprint density at radius 2 is 2.00 bits per heavy atom. The Hall–Kier alpha value is -1.81. The average Bonchev–Trinajstić information content (AvgIpc) is 2.34. The van der Waals surface area contributed by atoms with E-state index >= 15 is 0 Å². The van der Waals surface area contributed by atoms with Crippen molar-refractivity contribution in [1.29, 1.82) is 0 Å². The van der Waals surface area contributed by atoms with Gasteiger partial charge >= 0.3 is 0 Å². The standard InChI is InChI=1S/C12H12ClN3O/c1-17-10-4-2-8(3-5-10)6-9-7-15-12(13)16-11(9)14/h2-5,7H,6H2,1H3,(H2,14,15,16). The highest BCUT2D eigenvalue weighted by Gasteiger charge is 2.04. The molecule has 2 aromatic rings. The number of hydrogen-bond donors (Lipinski definition) is 1. The maximum absolute atomic E-state index is 5.77. The van der Waals surface area contributed by atoms with Gasteiger partial charge in [-0.15, -0.1) is 0 Å². The fourth-order valence-electron chi connectivity index (χ4n) is 1.50. The number of benzene rings is 1. The van der Waals surface area contributed by atoms with Gasteiger partial charge in [-0.2, -0.15) is 0 Å². The maximum Gasteiger partial charge on any atom is 0.224 e. The number of halogens is 1. The van der Waals surface area contributed by atoms with Gasteiger partial charge < -0.3 is 10.5 Å². The van der Waals surface area contributed by atoms with E-state index < -0.39 is 0 Å². The van der Waals surface area contributed by atoms with Crippen molar-refractivity contribution in [2.75, 3.05) is 12.8 Å². The summed E-state index contributed by atoms with van der Waals surface area (Å²) in [6.45, 7) is 0. The molecule has 0 bridgehead atoms. The van der Waals surface area contributed by atoms with Gasteiger partial charge in [0.1, 0.15) is 11.6 Å². The average molecular weight is 250 g/mol. The Labute approximate surface area is 104 Å². The largest absolute Gasteiger partial charge is 0.497 e. The first-order valence-corrected chi connectivity index (χ1v) is 5.46. The molecule has 0 amide bonds. The number of aromatic nitrogens is 2. The van der Waals surface area contributed by atoms with Crippen LogP contribution in [0.15, 0.2) is 30.5 Å². The van der Waals surface area contributed by atoms with Gasteiger partial charge in [0.15, 0.2) is 0 Å². The summed E-state index contributed by atoms with van der Waals surface area (Å²) in [5, 5.41) is 0.168. The Kier molecular flexibility index (Phi) is 3.44. The van der Waals surface area contributed by atoms with Crippen LogP contribution in [0.25, 0.3) is 0 Å². The van der Waals surface area contributed by atoms with Crippen LogP contribution in [0.3, 0.4) is 0 Å². The van der Waals surface area contributed by atoms with Gasteiger partial charge in [0, 0.05) is 18.2 Å². The molecule has 1 aromatic heterocycles. The third kappa shape index (κ3) is 2.85. The van der Waals surface area contributed by atoms with Crippen molar-refractivity contribution in [3.05, 3.63) is 46.9 Å². The molecule has 0 saturated carbocycles. The number of ether oxygens (including phenoxy) is 1. The minimum Gasteiger partial charge on any atom is -0.497 e. The van der Waals surface area contributed by atoms with E-state index in [0.717, 1.165) is 16.9 Å². The summed E-state index contributed by atoms with van der Waals surface area (Å²) in [5.74, 6) is 1.25. The van der Waals surface area contributed by atoms with Crippen LogP contribution < -0.4 is 10.5 Å². The molecule has 2 N–H and O–H groups in total. The van der Waals surface area contributed by atoms with E-state index in [9.17, 15) is 0 Å². The van der Waals surface area contributed by atoms with Gasteiger partial charge in [-0.25, -0.2) is 9.97 Å². The number of hydrogen-bond acceptors (Lipinski definition) is 4. The molecule has 2 rings (SSSR count). The van der Waals surface area contributed by atoms with Crippen LogP contribution >= 0.6 is 11.6 Å². The maximum atomic E-state index is 5.77. The molecule has 0 fully saturated rings. The third-order valence-electron chi connectivity index (χ3n) is 2.42. The summed E-state index contributed by atoms with van der Waals surface area (Å²) < 4.78 is 5.09. The quantitative estimate of drug-likeness (QED) is 0.848. The Bertz CT molecular complexity index is 514. The molecular weight excluding hydrogens is 238 g/mol. The molecule has 88 valence electrons. The molecule has 0 saturated heterocycles. The molecule has 5 heteroatoms. The zero-order valence-electron chi connectivity index (χ0n) is 9.35. The fourth-order valence-corrected chi connectivity index (χ4v) is 1.64. The lowest BCUT2D eigenvalue weighted by Gasteiger charge is -2.05. The summed E-state index contributed by atoms with van der Waals surface area (Å²) in [5.41, 5.74) is 7.74. The van der Waals surface area contributed by atoms with Gasteiger partial charge in [0.25, 0.3) is 0 Å². The summed E-state index contributed by atoms with van der Waals surface area (Å²) >= 11 is 5.64. The van der Waals surface area contributed by atoms with E-state index in [1.54, 1.807) is 13.3 Å². The molecule has 17 heavy (non-hydrogen) atoms. The van der Waals surface area contributed by atoms with Crippen LogP contribution in [0.4, 0.5) is 5.82 Å². The first-order valence-electron chi connectivity index (χ1n) is 5.09. The SMILES string of the molecule is COc1ccc(Cc2cnc(Cl)nc2N)cc1. The second kappa shape index (κ2) is 5.01. The van der Waals surface area contributed by atoms with Crippen LogP contribution in [-0.2, 0) is 6.42 Å². The Morgan fingerprint density at radius 1 is 1.29 bits per heavy atom. The number of nitrogens with zero attached hydrogens (tertiary/aromatic N) is 2. The number of nitrogen functional groups attached to an aromatic ring is 1. The predicted octanol–water partition coefficient (Wildman–Crippen LogP) is 2.31. The Balaban J connectivity index is 2.19. The van der Waals surface area contributed by atoms with Crippen LogP contribution in [-0.4, -0.2) is 17.1 Å². The van der Waals surface area contributed by atoms with E-state index in [2.05, 4.69) is 9.97 Å². The monoisotopic (exact) mass is 249 g/mol. The van der Waals surface area contributed by atoms with E-state index in [-0.39, 0.29) is 5.28 Å². The van der Waals surface area contributed by atoms with Crippen LogP contribution in [0.5, 0.6) is 5.75 Å². The van der Waals surface area contributed by atoms with Crippen molar-refractivity contribution in [2.24, 2.45) is 0 Å². The molecule has 0 aliphatic carbocycles. The van der Waals surface area contributed by atoms with E-state index in [1.807, 2.05) is 24.3 Å². The van der Waals surface area contributed by atoms with Crippen molar-refractivity contribution >= 4 is 17.4 Å². The van der Waals surface area contributed by atoms with Crippen molar-refractivity contribution in [1.82, 2.24) is 9.97 Å². The molecule has 1 aromatic carbocycles. The molecule has 4 nitrogen and oxygen atoms in total. The molecule has 0 aliphatic rings. The number of methoxy groups -OCH3 is 1. The molecule has 0 unspecified atom stereocenters. The normalized spacial score (nSPS) is 10.2. The highest BCUT2D eigenvalue weighted by molar-refractivity contribution is 6.28. The summed E-state index contributed by atoms with van der Waals surface area (Å²) in [6, 6.07) is 7.77. The van der Waals surface area contributed by atoms with Crippen LogP contribution in [0.2, 0.25) is 5.28 Å². The zero-order chi connectivity index (χ0) is 12.3. The van der Waals surface area contributed by atoms with Gasteiger partial charge in [-0.05, 0) is 29.3 Å². The molecule has 1 heterocycles. The van der Waals surface area contributed by atoms with Gasteiger partial charge in [-0.3, -0.25) is 0 Å². The lowest BCUT2D eigenvalue weighted by atomic mass is 10.1. The highest BCUT2D eigenvalue weighted by Crippen LogP contribution is 2.17. The molecule has 0 aliphatic heterocycles. The van der Waals surface area contributed by atoms with Gasteiger partial charge in [0.2, 0.25) is 5.28 Å². The molecule has 0 radical (unpaired) electrons. The van der Waals surface area contributed by atoms with E-state index in [0.29, 0.717) is 12.2 Å². The first-order chi connectivity index (χ1) is 8.19. The molecule has 0 atom stereocenters. The zero-order valence-corrected chi connectivity index (χ0v) is 10.1. The number of anilines is 1. The summed E-state index contributed by atoms with van der Waals surface area (Å²) in [6.07, 6.45) is 2.32. The van der Waals surface area contributed by atoms with E-state index in [4.69, 9.17) is 22.1 Å². The third-order valence-corrected chi connectivity index (χ3v) is 2.60. The number of rotatable bonds is 3. The first kappa shape index (κ1) is 11.7. The smallest absolute Gasteiger partial charge is 0.224 e. The van der Waals surface area contributed by atoms with Crippen LogP contribution in [0.1, 0.15) is 11.1 Å². The van der Waals surface area contributed by atoms with Crippen molar-refractivity contribution in [3.8, 4) is 5.75 Å². The van der Waals surface area contributed by atoms with Crippen molar-refractivity contribution in [3.63, 3.8) is 0 Å². The predicted molar refractivity (Wildman–Crippen MR) is 67.3 cm³/mol. The minimum absolute atomic E-state index is 0.168. The van der Waals surface area contributed by atoms with Crippen LogP contribution in [0, 0.1) is 0 Å². The Morgan fingerprint density at radius 3 is 2.59 bits per heavy atom. The fraction of sp³-hybridized carbons (Fsp3) is 0.167. The lowest BCUT2D eigenvalue weighted by molar-refractivity contribution is 0.414. The topological polar surface area (TPSA) is 61.0 Å². The molecular formula is C12H12ClN3O. The molecule has 0 spiro atoms. The minimum atomic E-state index is 0.168. The van der Waals surface area contributed by atoms with Crippen molar-refractivity contribution in [2.45, 2.75) is 6.42 Å². The highest BCUT2D eigenvalue weighted by atomic mass is 35.5. The summed E-state index contributed by atoms with van der Waals surface area (Å²) in [4.78, 5) is 7.83. The van der Waals surface area contributed by atoms with Gasteiger partial charge in [-0.1, -0.05) is 12.1 Å².